The quantitative estimate of drug-likeness (QED) is 0.483. The van der Waals surface area contributed by atoms with Gasteiger partial charge in [0.25, 0.3) is 0 Å². The molecule has 1 fully saturated rings. The molecule has 1 N–H and O–H groups in total. The van der Waals surface area contributed by atoms with E-state index in [4.69, 9.17) is 4.74 Å². The maximum absolute atomic E-state index is 13.2. The van der Waals surface area contributed by atoms with Crippen molar-refractivity contribution in [3.05, 3.63) is 52.6 Å². The van der Waals surface area contributed by atoms with Gasteiger partial charge >= 0.3 is 5.97 Å². The molecule has 2 atom stereocenters. The number of aromatic amines is 1. The molecule has 0 bridgehead atoms. The van der Waals surface area contributed by atoms with E-state index in [0.717, 1.165) is 12.1 Å². The second-order valence-corrected chi connectivity index (χ2v) is 10.2. The Labute approximate surface area is 192 Å². The molecule has 178 valence electrons. The van der Waals surface area contributed by atoms with E-state index in [9.17, 15) is 27.2 Å². The number of carbonyl (C=O) groups is 3. The van der Waals surface area contributed by atoms with Crippen molar-refractivity contribution in [2.45, 2.75) is 51.5 Å². The molecule has 1 aromatic carbocycles. The maximum atomic E-state index is 13.2. The van der Waals surface area contributed by atoms with Crippen LogP contribution < -0.4 is 0 Å². The highest BCUT2D eigenvalue weighted by atomic mass is 32.2. The molecule has 8 nitrogen and oxygen atoms in total. The fourth-order valence-corrected chi connectivity index (χ4v) is 5.68. The van der Waals surface area contributed by atoms with Crippen LogP contribution in [0.2, 0.25) is 0 Å². The number of halogens is 1. The smallest absolute Gasteiger partial charge is 0.310 e. The van der Waals surface area contributed by atoms with Gasteiger partial charge in [0.2, 0.25) is 15.8 Å². The molecule has 0 amide bonds. The van der Waals surface area contributed by atoms with Gasteiger partial charge in [0, 0.05) is 24.3 Å². The van der Waals surface area contributed by atoms with E-state index in [2.05, 4.69) is 4.98 Å². The molecule has 0 aliphatic carbocycles. The lowest BCUT2D eigenvalue weighted by molar-refractivity contribution is -0.152. The van der Waals surface area contributed by atoms with Crippen molar-refractivity contribution in [2.75, 3.05) is 13.1 Å². The van der Waals surface area contributed by atoms with Gasteiger partial charge in [-0.3, -0.25) is 14.4 Å². The number of aryl methyl sites for hydroxylation is 1. The SMILES string of the molecule is CC(=O)c1c(C)[nH]c(C(=O)C(C)OC(=O)C2CCCN(S(=O)(=O)c3ccc(F)cc3)C2)c1C. The number of benzene rings is 1. The Hall–Kier alpha value is -2.85. The molecule has 1 aromatic heterocycles. The number of sulfonamides is 1. The fraction of sp³-hybridized carbons (Fsp3) is 0.435. The Morgan fingerprint density at radius 1 is 1.18 bits per heavy atom. The lowest BCUT2D eigenvalue weighted by atomic mass is 9.99. The molecule has 0 radical (unpaired) electrons. The monoisotopic (exact) mass is 478 g/mol. The number of H-pyrrole nitrogens is 1. The highest BCUT2D eigenvalue weighted by molar-refractivity contribution is 7.89. The van der Waals surface area contributed by atoms with Gasteiger partial charge in [0.15, 0.2) is 11.9 Å². The van der Waals surface area contributed by atoms with Crippen LogP contribution in [0, 0.1) is 25.6 Å². The molecule has 1 aliphatic rings. The second kappa shape index (κ2) is 9.56. The lowest BCUT2D eigenvalue weighted by Gasteiger charge is -2.31. The van der Waals surface area contributed by atoms with Gasteiger partial charge < -0.3 is 9.72 Å². The Morgan fingerprint density at radius 2 is 1.82 bits per heavy atom. The number of nitrogens with zero attached hydrogens (tertiary/aromatic N) is 1. The third kappa shape index (κ3) is 5.06. The number of nitrogens with one attached hydrogen (secondary N) is 1. The number of ether oxygens (including phenoxy) is 1. The fourth-order valence-electron chi connectivity index (χ4n) is 4.16. The van der Waals surface area contributed by atoms with E-state index in [-0.39, 0.29) is 29.5 Å². The van der Waals surface area contributed by atoms with Crippen LogP contribution in [0.4, 0.5) is 4.39 Å². The van der Waals surface area contributed by atoms with Crippen LogP contribution in [0.5, 0.6) is 0 Å². The molecule has 10 heteroatoms. The van der Waals surface area contributed by atoms with E-state index in [1.807, 2.05) is 0 Å². The van der Waals surface area contributed by atoms with Gasteiger partial charge in [0.1, 0.15) is 5.82 Å². The normalized spacial score (nSPS) is 18.0. The highest BCUT2D eigenvalue weighted by Crippen LogP contribution is 2.26. The highest BCUT2D eigenvalue weighted by Gasteiger charge is 2.35. The first-order chi connectivity index (χ1) is 15.4. The molecule has 3 rings (SSSR count). The molecular formula is C23H27FN2O6S. The van der Waals surface area contributed by atoms with Crippen LogP contribution in [-0.4, -0.2) is 54.4 Å². The summed E-state index contributed by atoms with van der Waals surface area (Å²) in [5, 5.41) is 0. The van der Waals surface area contributed by atoms with Crippen molar-refractivity contribution in [1.82, 2.24) is 9.29 Å². The largest absolute Gasteiger partial charge is 0.454 e. The zero-order valence-corrected chi connectivity index (χ0v) is 19.8. The van der Waals surface area contributed by atoms with Crippen LogP contribution in [0.3, 0.4) is 0 Å². The van der Waals surface area contributed by atoms with Crippen molar-refractivity contribution < 1.29 is 31.9 Å². The molecule has 0 saturated carbocycles. The number of hydrogen-bond acceptors (Lipinski definition) is 6. The summed E-state index contributed by atoms with van der Waals surface area (Å²) in [6.07, 6.45) is -0.248. The first-order valence-electron chi connectivity index (χ1n) is 10.6. The Balaban J connectivity index is 1.70. The molecule has 2 unspecified atom stereocenters. The van der Waals surface area contributed by atoms with E-state index >= 15 is 0 Å². The summed E-state index contributed by atoms with van der Waals surface area (Å²) in [4.78, 5) is 40.3. The molecule has 2 aromatic rings. The van der Waals surface area contributed by atoms with Crippen LogP contribution in [0.15, 0.2) is 29.2 Å². The van der Waals surface area contributed by atoms with Crippen molar-refractivity contribution in [1.29, 1.82) is 0 Å². The summed E-state index contributed by atoms with van der Waals surface area (Å²) >= 11 is 0. The summed E-state index contributed by atoms with van der Waals surface area (Å²) in [5.41, 5.74) is 1.71. The topological polar surface area (TPSA) is 114 Å². The summed E-state index contributed by atoms with van der Waals surface area (Å²) in [6.45, 7) is 6.34. The number of Topliss-reactive ketones (excluding diaryl/α,β-unsaturated/α-hetero) is 2. The van der Waals surface area contributed by atoms with Crippen molar-refractivity contribution >= 4 is 27.6 Å². The zero-order valence-electron chi connectivity index (χ0n) is 19.0. The number of piperidine rings is 1. The molecule has 33 heavy (non-hydrogen) atoms. The Kier molecular flexibility index (Phi) is 7.18. The first-order valence-corrected chi connectivity index (χ1v) is 12.1. The number of esters is 1. The Bertz CT molecular complexity index is 1190. The average molecular weight is 479 g/mol. The third-order valence-electron chi connectivity index (χ3n) is 5.87. The summed E-state index contributed by atoms with van der Waals surface area (Å²) < 4.78 is 45.5. The predicted octanol–water partition coefficient (Wildman–Crippen LogP) is 3.19. The van der Waals surface area contributed by atoms with Gasteiger partial charge in [-0.1, -0.05) is 0 Å². The minimum absolute atomic E-state index is 0.0553. The predicted molar refractivity (Wildman–Crippen MR) is 118 cm³/mol. The number of rotatable bonds is 7. The zero-order chi connectivity index (χ0) is 24.5. The van der Waals surface area contributed by atoms with Gasteiger partial charge in [-0.15, -0.1) is 0 Å². The van der Waals surface area contributed by atoms with Gasteiger partial charge in [-0.25, -0.2) is 12.8 Å². The summed E-state index contributed by atoms with van der Waals surface area (Å²) in [6, 6.07) is 4.50. The lowest BCUT2D eigenvalue weighted by Crippen LogP contribution is -2.43. The van der Waals surface area contributed by atoms with Crippen molar-refractivity contribution in [3.63, 3.8) is 0 Å². The third-order valence-corrected chi connectivity index (χ3v) is 7.75. The van der Waals surface area contributed by atoms with Crippen LogP contribution >= 0.6 is 0 Å². The second-order valence-electron chi connectivity index (χ2n) is 8.28. The molecule has 1 aliphatic heterocycles. The first kappa shape index (κ1) is 24.8. The number of aromatic nitrogens is 1. The van der Waals surface area contributed by atoms with Gasteiger partial charge in [0.05, 0.1) is 16.5 Å². The van der Waals surface area contributed by atoms with Crippen molar-refractivity contribution in [3.8, 4) is 0 Å². The van der Waals surface area contributed by atoms with E-state index in [0.29, 0.717) is 29.7 Å². The maximum Gasteiger partial charge on any atom is 0.310 e. The van der Waals surface area contributed by atoms with Gasteiger partial charge in [-0.05, 0) is 70.4 Å². The van der Waals surface area contributed by atoms with E-state index < -0.39 is 39.6 Å². The number of hydrogen-bond donors (Lipinski definition) is 1. The molecule has 2 heterocycles. The number of ketones is 2. The van der Waals surface area contributed by atoms with E-state index in [1.165, 1.54) is 30.3 Å². The minimum atomic E-state index is -3.89. The van der Waals surface area contributed by atoms with Crippen LogP contribution in [-0.2, 0) is 19.6 Å². The van der Waals surface area contributed by atoms with Crippen LogP contribution in [0.25, 0.3) is 0 Å². The minimum Gasteiger partial charge on any atom is -0.454 e. The summed E-state index contributed by atoms with van der Waals surface area (Å²) in [5.74, 6) is -2.58. The number of carbonyl (C=O) groups excluding carboxylic acids is 3. The van der Waals surface area contributed by atoms with E-state index in [1.54, 1.807) is 13.8 Å². The summed E-state index contributed by atoms with van der Waals surface area (Å²) in [7, 11) is -3.89. The van der Waals surface area contributed by atoms with Crippen LogP contribution in [0.1, 0.15) is 58.8 Å². The average Bonchev–Trinajstić information content (AvgIpc) is 3.07. The Morgan fingerprint density at radius 3 is 2.39 bits per heavy atom. The molecular weight excluding hydrogens is 451 g/mol. The molecule has 0 spiro atoms. The molecule has 1 saturated heterocycles. The standard InChI is InChI=1S/C23H27FN2O6S/c1-13-20(15(3)27)14(2)25-21(13)22(28)16(4)32-23(29)17-6-5-11-26(12-17)33(30,31)19-9-7-18(24)8-10-19/h7-10,16-17,25H,5-6,11-12H2,1-4H3. The van der Waals surface area contributed by atoms with Gasteiger partial charge in [-0.2, -0.15) is 4.31 Å². The van der Waals surface area contributed by atoms with Crippen molar-refractivity contribution in [2.24, 2.45) is 5.92 Å².